The molecule has 0 radical (unpaired) electrons. The zero-order valence-corrected chi connectivity index (χ0v) is 29.7. The highest BCUT2D eigenvalue weighted by Crippen LogP contribution is 2.89. The van der Waals surface area contributed by atoms with Crippen molar-refractivity contribution < 1.29 is 49.3 Å². The molecule has 268 valence electrons. The fourth-order valence-electron chi connectivity index (χ4n) is 13.7. The van der Waals surface area contributed by atoms with Gasteiger partial charge in [-0.1, -0.05) is 27.7 Å². The van der Waals surface area contributed by atoms with Gasteiger partial charge in [0.25, 0.3) is 0 Å². The highest BCUT2D eigenvalue weighted by molar-refractivity contribution is 5.66. The Balaban J connectivity index is 1.19. The Labute approximate surface area is 279 Å². The first-order chi connectivity index (χ1) is 21.7. The molecule has 5 N–H and O–H groups in total. The third-order valence-corrected chi connectivity index (χ3v) is 15.9. The quantitative estimate of drug-likeness (QED) is 0.218. The smallest absolute Gasteiger partial charge is 0.303 e. The number of carbonyl (C=O) groups is 1. The lowest BCUT2D eigenvalue weighted by Crippen LogP contribution is -2.62. The van der Waals surface area contributed by atoms with E-state index in [0.717, 1.165) is 51.4 Å². The van der Waals surface area contributed by atoms with Crippen molar-refractivity contribution in [1.29, 1.82) is 0 Å². The molecule has 0 unspecified atom stereocenters. The Morgan fingerprint density at radius 2 is 1.49 bits per heavy atom. The van der Waals surface area contributed by atoms with Gasteiger partial charge in [0.05, 0.1) is 36.1 Å². The largest absolute Gasteiger partial charge is 0.459 e. The molecule has 7 fully saturated rings. The van der Waals surface area contributed by atoms with Crippen molar-refractivity contribution in [3.63, 3.8) is 0 Å². The van der Waals surface area contributed by atoms with Gasteiger partial charge >= 0.3 is 5.97 Å². The Kier molecular flexibility index (Phi) is 7.80. The summed E-state index contributed by atoms with van der Waals surface area (Å²) in [4.78, 5) is 12.7. The van der Waals surface area contributed by atoms with Gasteiger partial charge in [0.2, 0.25) is 0 Å². The minimum atomic E-state index is -1.31. The molecule has 2 saturated heterocycles. The molecule has 0 amide bonds. The third kappa shape index (κ3) is 4.47. The molecule has 10 nitrogen and oxygen atoms in total. The first-order valence-electron chi connectivity index (χ1n) is 18.3. The van der Waals surface area contributed by atoms with E-state index in [4.69, 9.17) is 18.9 Å². The molecule has 47 heavy (non-hydrogen) atoms. The maximum Gasteiger partial charge on any atom is 0.303 e. The second-order valence-corrected chi connectivity index (χ2v) is 18.7. The summed E-state index contributed by atoms with van der Waals surface area (Å²) in [5.41, 5.74) is -2.49. The van der Waals surface area contributed by atoms with Crippen LogP contribution in [0.5, 0.6) is 0 Å². The number of esters is 1. The molecule has 2 heterocycles. The molecular weight excluding hydrogens is 604 g/mol. The van der Waals surface area contributed by atoms with Crippen molar-refractivity contribution in [2.75, 3.05) is 6.61 Å². The van der Waals surface area contributed by atoms with E-state index in [9.17, 15) is 30.3 Å². The van der Waals surface area contributed by atoms with Crippen molar-refractivity contribution in [2.45, 2.75) is 173 Å². The molecule has 0 bridgehead atoms. The maximum atomic E-state index is 12.7. The van der Waals surface area contributed by atoms with E-state index in [1.54, 1.807) is 13.8 Å². The lowest BCUT2D eigenvalue weighted by Gasteiger charge is -2.64. The number of ether oxygens (including phenoxy) is 4. The van der Waals surface area contributed by atoms with Crippen molar-refractivity contribution >= 4 is 5.97 Å². The van der Waals surface area contributed by atoms with Crippen LogP contribution in [0, 0.1) is 44.8 Å². The Bertz CT molecular complexity index is 1270. The van der Waals surface area contributed by atoms with Crippen LogP contribution in [-0.4, -0.2) is 98.3 Å². The molecule has 5 aliphatic carbocycles. The van der Waals surface area contributed by atoms with E-state index in [2.05, 4.69) is 34.6 Å². The second kappa shape index (κ2) is 10.6. The molecule has 0 aromatic carbocycles. The van der Waals surface area contributed by atoms with Gasteiger partial charge in [-0.05, 0) is 112 Å². The number of hydrogen-bond acceptors (Lipinski definition) is 10. The molecule has 2 spiro atoms. The summed E-state index contributed by atoms with van der Waals surface area (Å²) >= 11 is 0. The summed E-state index contributed by atoms with van der Waals surface area (Å²) < 4.78 is 25.1. The summed E-state index contributed by atoms with van der Waals surface area (Å²) in [6.45, 7) is 16.2. The lowest BCUT2D eigenvalue weighted by atomic mass is 9.41. The molecule has 10 heteroatoms. The monoisotopic (exact) mass is 664 g/mol. The van der Waals surface area contributed by atoms with Crippen LogP contribution in [0.15, 0.2) is 0 Å². The van der Waals surface area contributed by atoms with Crippen molar-refractivity contribution in [3.8, 4) is 0 Å². The van der Waals surface area contributed by atoms with Gasteiger partial charge in [0, 0.05) is 18.3 Å². The first kappa shape index (κ1) is 34.6. The molecule has 5 saturated carbocycles. The van der Waals surface area contributed by atoms with E-state index in [-0.39, 0.29) is 58.3 Å². The predicted octanol–water partition coefficient (Wildman–Crippen LogP) is 3.47. The lowest BCUT2D eigenvalue weighted by molar-refractivity contribution is -0.303. The van der Waals surface area contributed by atoms with E-state index in [0.29, 0.717) is 12.3 Å². The van der Waals surface area contributed by atoms with Gasteiger partial charge in [-0.2, -0.15) is 0 Å². The van der Waals surface area contributed by atoms with E-state index in [1.807, 2.05) is 0 Å². The summed E-state index contributed by atoms with van der Waals surface area (Å²) in [6.07, 6.45) is 1.51. The van der Waals surface area contributed by atoms with Crippen molar-refractivity contribution in [1.82, 2.24) is 0 Å². The SMILES string of the molecule is CC(=O)O[C@H]1[C@H](O)[C@H]([C@@]2(C)CC[C@H](C(C)(C)O)O2)[C@@]2(C)CC[C@@]34C[C@@]35CC[C@H](O[C@@H]3OC[C@@H](O)[C@H](O)[C@H]3O)C(C)(C)[C@@H]5CC[C@H]4[C@]12C. The van der Waals surface area contributed by atoms with Crippen LogP contribution >= 0.6 is 0 Å². The highest BCUT2D eigenvalue weighted by atomic mass is 16.7. The van der Waals surface area contributed by atoms with E-state index < -0.39 is 53.4 Å². The Morgan fingerprint density at radius 1 is 0.830 bits per heavy atom. The Hall–Kier alpha value is -0.850. The highest BCUT2D eigenvalue weighted by Gasteiger charge is 2.85. The standard InChI is InChI=1S/C37H60O10/c1-19(38)45-29-27(42)28(34(7)13-11-24(47-34)32(4,5)43)33(6)15-16-37-18-36(37)14-12-23(46-30-26(41)25(40)20(39)17-44-30)31(2,3)21(36)9-10-22(37)35(29,33)8/h20-30,39-43H,9-18H2,1-8H3/t20-,21+,22+,23+,24-,25+,26-,27-,28+,29+,30+,33-,34-,35-,36-,37+/m1/s1. The minimum absolute atomic E-state index is 0.0770. The van der Waals surface area contributed by atoms with Crippen LogP contribution < -0.4 is 0 Å². The third-order valence-electron chi connectivity index (χ3n) is 15.9. The summed E-state index contributed by atoms with van der Waals surface area (Å²) in [5.74, 6) is 0.0227. The second-order valence-electron chi connectivity index (χ2n) is 18.7. The average Bonchev–Trinajstić information content (AvgIpc) is 3.40. The molecule has 7 rings (SSSR count). The topological polar surface area (TPSA) is 155 Å². The van der Waals surface area contributed by atoms with E-state index >= 15 is 0 Å². The first-order valence-corrected chi connectivity index (χ1v) is 18.3. The molecule has 0 aromatic heterocycles. The fraction of sp³-hybridized carbons (Fsp3) is 0.973. The van der Waals surface area contributed by atoms with Crippen LogP contribution in [0.25, 0.3) is 0 Å². The van der Waals surface area contributed by atoms with Crippen LogP contribution in [0.1, 0.15) is 113 Å². The van der Waals surface area contributed by atoms with Gasteiger partial charge in [-0.25, -0.2) is 0 Å². The van der Waals surface area contributed by atoms with Gasteiger partial charge in [-0.15, -0.1) is 0 Å². The summed E-state index contributed by atoms with van der Waals surface area (Å²) in [7, 11) is 0. The van der Waals surface area contributed by atoms with Crippen LogP contribution in [-0.2, 0) is 23.7 Å². The number of aliphatic hydroxyl groups is 5. The molecule has 16 atom stereocenters. The molecule has 0 aromatic rings. The average molecular weight is 665 g/mol. The number of hydrogen-bond donors (Lipinski definition) is 5. The zero-order chi connectivity index (χ0) is 34.3. The normalized spacial score (nSPS) is 56.6. The van der Waals surface area contributed by atoms with Crippen molar-refractivity contribution in [2.24, 2.45) is 44.8 Å². The fourth-order valence-corrected chi connectivity index (χ4v) is 13.7. The van der Waals surface area contributed by atoms with Gasteiger partial charge in [0.15, 0.2) is 6.29 Å². The van der Waals surface area contributed by atoms with Crippen molar-refractivity contribution in [3.05, 3.63) is 0 Å². The summed E-state index contributed by atoms with van der Waals surface area (Å²) in [6, 6.07) is 0. The molecule has 2 aliphatic heterocycles. The number of carbonyl (C=O) groups excluding carboxylic acids is 1. The summed E-state index contributed by atoms with van der Waals surface area (Å²) in [5, 5.41) is 54.0. The van der Waals surface area contributed by atoms with Gasteiger partial charge in [0.1, 0.15) is 24.4 Å². The van der Waals surface area contributed by atoms with Crippen LogP contribution in [0.3, 0.4) is 0 Å². The Morgan fingerprint density at radius 3 is 2.13 bits per heavy atom. The molecular formula is C37H60O10. The zero-order valence-electron chi connectivity index (χ0n) is 29.7. The molecule has 7 aliphatic rings. The van der Waals surface area contributed by atoms with Gasteiger partial charge in [-0.3, -0.25) is 4.79 Å². The number of fused-ring (bicyclic) bond motifs is 2. The maximum absolute atomic E-state index is 12.7. The van der Waals surface area contributed by atoms with Crippen LogP contribution in [0.4, 0.5) is 0 Å². The number of aliphatic hydroxyl groups excluding tert-OH is 4. The minimum Gasteiger partial charge on any atom is -0.459 e. The van der Waals surface area contributed by atoms with E-state index in [1.165, 1.54) is 6.92 Å². The van der Waals surface area contributed by atoms with Crippen LogP contribution in [0.2, 0.25) is 0 Å². The predicted molar refractivity (Wildman–Crippen MR) is 171 cm³/mol. The number of rotatable bonds is 5. The van der Waals surface area contributed by atoms with Gasteiger partial charge < -0.3 is 44.5 Å².